The molecule has 3 aliphatic rings. The fraction of sp³-hybridized carbons (Fsp3) is 0.792. The summed E-state index contributed by atoms with van der Waals surface area (Å²) in [5, 5.41) is 5.80. The molecule has 2 saturated heterocycles. The van der Waals surface area contributed by atoms with Gasteiger partial charge in [0.25, 0.3) is 23.4 Å². The lowest BCUT2D eigenvalue weighted by Crippen LogP contribution is -2.60. The molecule has 5 amide bonds. The summed E-state index contributed by atoms with van der Waals surface area (Å²) in [5.74, 6) is -4.96. The minimum absolute atomic E-state index is 0.00713. The van der Waals surface area contributed by atoms with Crippen molar-refractivity contribution in [3.05, 3.63) is 0 Å². The largest absolute Gasteiger partial charge is 0.356 e. The zero-order chi connectivity index (χ0) is 27.8. The fourth-order valence-electron chi connectivity index (χ4n) is 5.49. The monoisotopic (exact) mass is 547 g/mol. The number of carbonyl (C=O) groups excluding carboxylic acids is 5. The number of amides is 5. The molecule has 208 valence electrons. The van der Waals surface area contributed by atoms with Gasteiger partial charge in [-0.15, -0.1) is 0 Å². The van der Waals surface area contributed by atoms with Crippen molar-refractivity contribution in [3.63, 3.8) is 0 Å². The summed E-state index contributed by atoms with van der Waals surface area (Å²) in [4.78, 5) is 65.1. The topological polar surface area (TPSA) is 128 Å². The van der Waals surface area contributed by atoms with E-state index < -0.39 is 53.4 Å². The predicted octanol–water partition coefficient (Wildman–Crippen LogP) is 0.889. The first-order valence-electron chi connectivity index (χ1n) is 12.6. The van der Waals surface area contributed by atoms with Gasteiger partial charge in [-0.1, -0.05) is 45.7 Å². The van der Waals surface area contributed by atoms with Crippen LogP contribution in [-0.4, -0.2) is 83.0 Å². The van der Waals surface area contributed by atoms with Gasteiger partial charge in [-0.05, 0) is 36.5 Å². The van der Waals surface area contributed by atoms with Crippen LogP contribution in [0.1, 0.15) is 47.5 Å². The van der Waals surface area contributed by atoms with E-state index in [1.54, 1.807) is 6.92 Å². The zero-order valence-electron chi connectivity index (χ0n) is 21.7. The molecular weight excluding hydrogens is 512 g/mol. The molecule has 8 atom stereocenters. The number of rotatable bonds is 9. The number of piperidine rings is 1. The van der Waals surface area contributed by atoms with Gasteiger partial charge in [0.1, 0.15) is 12.1 Å². The number of hydrogen-bond donors (Lipinski definition) is 3. The lowest BCUT2D eigenvalue weighted by molar-refractivity contribution is -0.150. The van der Waals surface area contributed by atoms with E-state index in [2.05, 4.69) is 16.1 Å². The molecule has 3 N–H and O–H groups in total. The predicted molar refractivity (Wildman–Crippen MR) is 130 cm³/mol. The number of nitrogens with one attached hydrogen (secondary N) is 3. The summed E-state index contributed by atoms with van der Waals surface area (Å²) < 4.78 is 27.4. The third-order valence-corrected chi connectivity index (χ3v) is 8.35. The third kappa shape index (κ3) is 5.83. The Morgan fingerprint density at radius 2 is 1.89 bits per heavy atom. The van der Waals surface area contributed by atoms with E-state index in [0.717, 1.165) is 6.92 Å². The highest BCUT2D eigenvalue weighted by atomic mass is 35.5. The summed E-state index contributed by atoms with van der Waals surface area (Å²) in [7, 11) is 0. The summed E-state index contributed by atoms with van der Waals surface area (Å²) in [6.07, 6.45) is -0.909. The second kappa shape index (κ2) is 11.1. The Bertz CT molecular complexity index is 948. The molecule has 0 aromatic carbocycles. The van der Waals surface area contributed by atoms with Crippen LogP contribution in [0.5, 0.6) is 0 Å². The van der Waals surface area contributed by atoms with Gasteiger partial charge < -0.3 is 15.5 Å². The Balaban J connectivity index is 1.85. The lowest BCUT2D eigenvalue weighted by Gasteiger charge is -2.36. The van der Waals surface area contributed by atoms with Gasteiger partial charge in [-0.2, -0.15) is 0 Å². The second-order valence-corrected chi connectivity index (χ2v) is 11.3. The number of likely N-dealkylation sites (tertiary alicyclic amines) is 1. The van der Waals surface area contributed by atoms with Crippen molar-refractivity contribution >= 4 is 41.1 Å². The van der Waals surface area contributed by atoms with E-state index in [1.807, 2.05) is 20.8 Å². The number of halogens is 3. The maximum absolute atomic E-state index is 13.8. The average molecular weight is 548 g/mol. The van der Waals surface area contributed by atoms with Crippen molar-refractivity contribution in [1.29, 1.82) is 0 Å². The molecule has 0 bridgehead atoms. The molecule has 1 aliphatic carbocycles. The molecule has 0 aromatic heterocycles. The molecule has 0 unspecified atom stereocenters. The van der Waals surface area contributed by atoms with E-state index in [9.17, 15) is 32.8 Å². The standard InChI is InChI=1S/C24H36ClF2N5O5/c1-6-11(2)16(29-19(33)12(3)26)22(36)31-10-14-15(24(14,4)5)17(31)21(35)30-32(23(37)18(25)27)9-13-7-8-28-20(13)34/h11-18H,6-10H2,1-5H3,(H,28,34)(H,29,33)(H,30,35)/t11-,12+,13+,14+,15+,16+,17+,18+/m1/s1. The van der Waals surface area contributed by atoms with Gasteiger partial charge in [0.15, 0.2) is 6.17 Å². The quantitative estimate of drug-likeness (QED) is 0.292. The van der Waals surface area contributed by atoms with Gasteiger partial charge in [0, 0.05) is 13.1 Å². The molecule has 3 fully saturated rings. The SMILES string of the molecule is CC[C@@H](C)[C@H](NC(=O)[C@H](C)F)C(=O)N1C[C@H]2[C@@H]([C@H]1C(=O)NN(C[C@@H]1CCNC1=O)C(=O)[C@H](F)Cl)C2(C)C. The molecule has 3 rings (SSSR count). The highest BCUT2D eigenvalue weighted by Crippen LogP contribution is 2.65. The molecule has 2 heterocycles. The lowest BCUT2D eigenvalue weighted by atomic mass is 9.95. The second-order valence-electron chi connectivity index (χ2n) is 10.9. The smallest absolute Gasteiger partial charge is 0.291 e. The Morgan fingerprint density at radius 3 is 2.41 bits per heavy atom. The van der Waals surface area contributed by atoms with Crippen LogP contribution in [0.2, 0.25) is 0 Å². The van der Waals surface area contributed by atoms with Gasteiger partial charge in [0.05, 0.1) is 12.5 Å². The van der Waals surface area contributed by atoms with Crippen molar-refractivity contribution in [3.8, 4) is 0 Å². The van der Waals surface area contributed by atoms with Gasteiger partial charge >= 0.3 is 0 Å². The molecule has 10 nitrogen and oxygen atoms in total. The van der Waals surface area contributed by atoms with E-state index in [4.69, 9.17) is 11.6 Å². The first-order valence-corrected chi connectivity index (χ1v) is 13.1. The molecule has 0 aromatic rings. The number of nitrogens with zero attached hydrogens (tertiary/aromatic N) is 2. The summed E-state index contributed by atoms with van der Waals surface area (Å²) >= 11 is 5.37. The van der Waals surface area contributed by atoms with E-state index in [0.29, 0.717) is 24.4 Å². The molecule has 37 heavy (non-hydrogen) atoms. The van der Waals surface area contributed by atoms with Crippen LogP contribution in [-0.2, 0) is 24.0 Å². The van der Waals surface area contributed by atoms with Crippen molar-refractivity contribution < 1.29 is 32.8 Å². The maximum atomic E-state index is 13.8. The maximum Gasteiger partial charge on any atom is 0.291 e. The molecule has 0 spiro atoms. The zero-order valence-corrected chi connectivity index (χ0v) is 22.5. The van der Waals surface area contributed by atoms with Crippen molar-refractivity contribution in [2.75, 3.05) is 19.6 Å². The number of alkyl halides is 3. The summed E-state index contributed by atoms with van der Waals surface area (Å²) in [5.41, 5.74) is -0.301. The number of carbonyl (C=O) groups is 5. The first-order chi connectivity index (χ1) is 17.2. The van der Waals surface area contributed by atoms with Crippen LogP contribution >= 0.6 is 11.6 Å². The first kappa shape index (κ1) is 29.1. The average Bonchev–Trinajstić information content (AvgIpc) is 3.19. The minimum atomic E-state index is -2.44. The third-order valence-electron chi connectivity index (χ3n) is 8.16. The fourth-order valence-corrected chi connectivity index (χ4v) is 5.61. The number of fused-ring (bicyclic) bond motifs is 1. The number of hydrazine groups is 1. The number of hydrogen-bond acceptors (Lipinski definition) is 5. The van der Waals surface area contributed by atoms with Crippen LogP contribution in [0.15, 0.2) is 0 Å². The van der Waals surface area contributed by atoms with Gasteiger partial charge in [-0.25, -0.2) is 13.8 Å². The van der Waals surface area contributed by atoms with E-state index >= 15 is 0 Å². The van der Waals surface area contributed by atoms with Crippen molar-refractivity contribution in [1.82, 2.24) is 26.0 Å². The molecule has 0 radical (unpaired) electrons. The Hall–Kier alpha value is -2.50. The van der Waals surface area contributed by atoms with Crippen LogP contribution in [0.25, 0.3) is 0 Å². The molecule has 13 heteroatoms. The van der Waals surface area contributed by atoms with E-state index in [-0.39, 0.29) is 42.2 Å². The Labute approximate surface area is 220 Å². The molecule has 1 saturated carbocycles. The van der Waals surface area contributed by atoms with Crippen LogP contribution < -0.4 is 16.1 Å². The minimum Gasteiger partial charge on any atom is -0.356 e. The summed E-state index contributed by atoms with van der Waals surface area (Å²) in [6.45, 7) is 8.93. The van der Waals surface area contributed by atoms with Crippen LogP contribution in [0.4, 0.5) is 8.78 Å². The Morgan fingerprint density at radius 1 is 1.24 bits per heavy atom. The van der Waals surface area contributed by atoms with Gasteiger partial charge in [0.2, 0.25) is 11.8 Å². The van der Waals surface area contributed by atoms with Crippen LogP contribution in [0.3, 0.4) is 0 Å². The van der Waals surface area contributed by atoms with Crippen molar-refractivity contribution in [2.45, 2.75) is 71.3 Å². The molecule has 2 aliphatic heterocycles. The van der Waals surface area contributed by atoms with Crippen LogP contribution in [0, 0.1) is 29.1 Å². The van der Waals surface area contributed by atoms with Gasteiger partial charge in [-0.3, -0.25) is 29.4 Å². The normalized spacial score (nSPS) is 28.9. The summed E-state index contributed by atoms with van der Waals surface area (Å²) in [6, 6.07) is -2.07. The Kier molecular flexibility index (Phi) is 8.71. The molecular formula is C24H36ClF2N5O5. The highest BCUT2D eigenvalue weighted by molar-refractivity contribution is 6.29. The van der Waals surface area contributed by atoms with Crippen molar-refractivity contribution in [2.24, 2.45) is 29.1 Å². The highest BCUT2D eigenvalue weighted by Gasteiger charge is 2.69. The van der Waals surface area contributed by atoms with E-state index in [1.165, 1.54) is 4.90 Å².